The molecular weight excluding hydrogens is 372 g/mol. The molecule has 0 N–H and O–H groups in total. The number of fused-ring (bicyclic) bond motifs is 2. The molecule has 0 fully saturated rings. The highest BCUT2D eigenvalue weighted by molar-refractivity contribution is 7.29. The first-order valence-corrected chi connectivity index (χ1v) is 9.68. The number of hydrogen-bond acceptors (Lipinski definition) is 8. The second-order valence-corrected chi connectivity index (χ2v) is 8.13. The minimum atomic E-state index is -0.496. The lowest BCUT2D eigenvalue weighted by Gasteiger charge is -2.05. The number of carbonyl (C=O) groups is 2. The van der Waals surface area contributed by atoms with E-state index in [1.165, 1.54) is 22.7 Å². The summed E-state index contributed by atoms with van der Waals surface area (Å²) in [5.41, 5.74) is 1.55. The van der Waals surface area contributed by atoms with Gasteiger partial charge in [0.2, 0.25) is 0 Å². The molecule has 1 aromatic carbocycles. The summed E-state index contributed by atoms with van der Waals surface area (Å²) in [5.74, 6) is 0.102. The molecule has 0 aliphatic carbocycles. The van der Waals surface area contributed by atoms with E-state index >= 15 is 0 Å². The van der Waals surface area contributed by atoms with Gasteiger partial charge in [-0.2, -0.15) is 0 Å². The number of benzene rings is 1. The molecular formula is C18H16N2O4S2. The van der Waals surface area contributed by atoms with Gasteiger partial charge >= 0.3 is 5.97 Å². The third kappa shape index (κ3) is 3.17. The Balaban J connectivity index is 1.41. The predicted octanol–water partition coefficient (Wildman–Crippen LogP) is 3.40. The van der Waals surface area contributed by atoms with Crippen molar-refractivity contribution in [3.63, 3.8) is 0 Å². The van der Waals surface area contributed by atoms with Crippen molar-refractivity contribution in [1.82, 2.24) is 4.98 Å². The Morgan fingerprint density at radius 1 is 1.27 bits per heavy atom. The quantitative estimate of drug-likeness (QED) is 0.493. The molecule has 1 aliphatic rings. The van der Waals surface area contributed by atoms with Crippen LogP contribution >= 0.6 is 22.7 Å². The third-order valence-electron chi connectivity index (χ3n) is 4.01. The van der Waals surface area contributed by atoms with E-state index in [0.29, 0.717) is 17.0 Å². The highest BCUT2D eigenvalue weighted by Gasteiger charge is 2.19. The maximum Gasteiger partial charge on any atom is 0.348 e. The topological polar surface area (TPSA) is 68.7 Å². The van der Waals surface area contributed by atoms with E-state index in [1.54, 1.807) is 18.2 Å². The Bertz CT molecular complexity index is 974. The van der Waals surface area contributed by atoms with Crippen LogP contribution in [-0.4, -0.2) is 44.0 Å². The number of carbonyl (C=O) groups excluding carboxylic acids is 2. The van der Waals surface area contributed by atoms with Crippen LogP contribution in [0.3, 0.4) is 0 Å². The smallest absolute Gasteiger partial charge is 0.348 e. The Morgan fingerprint density at radius 2 is 2.12 bits per heavy atom. The number of thiazole rings is 1. The Kier molecular flexibility index (Phi) is 4.37. The first-order valence-electron chi connectivity index (χ1n) is 8.05. The monoisotopic (exact) mass is 388 g/mol. The van der Waals surface area contributed by atoms with Gasteiger partial charge in [0.15, 0.2) is 17.5 Å². The molecule has 6 nitrogen and oxygen atoms in total. The van der Waals surface area contributed by atoms with Gasteiger partial charge in [-0.3, -0.25) is 4.79 Å². The van der Waals surface area contributed by atoms with Gasteiger partial charge in [0, 0.05) is 26.1 Å². The second kappa shape index (κ2) is 6.69. The fourth-order valence-electron chi connectivity index (χ4n) is 2.66. The van der Waals surface area contributed by atoms with Crippen molar-refractivity contribution in [2.24, 2.45) is 0 Å². The first kappa shape index (κ1) is 17.0. The molecule has 0 spiro atoms. The minimum absolute atomic E-state index is 0.223. The lowest BCUT2D eigenvalue weighted by atomic mass is 10.1. The number of ketones is 1. The van der Waals surface area contributed by atoms with E-state index in [4.69, 9.17) is 9.47 Å². The average Bonchev–Trinajstić information content (AvgIpc) is 3.31. The molecule has 3 heterocycles. The molecule has 4 rings (SSSR count). The van der Waals surface area contributed by atoms with E-state index in [9.17, 15) is 9.59 Å². The zero-order valence-corrected chi connectivity index (χ0v) is 15.9. The third-order valence-corrected chi connectivity index (χ3v) is 6.32. The van der Waals surface area contributed by atoms with Crippen LogP contribution in [0.4, 0.5) is 5.13 Å². The Hall–Kier alpha value is -2.45. The summed E-state index contributed by atoms with van der Waals surface area (Å²) in [6.45, 7) is 0.363. The van der Waals surface area contributed by atoms with Crippen molar-refractivity contribution >= 4 is 49.1 Å². The summed E-state index contributed by atoms with van der Waals surface area (Å²) in [6.07, 6.45) is 0.796. The summed E-state index contributed by atoms with van der Waals surface area (Å²) in [5, 5.41) is 0.891. The van der Waals surface area contributed by atoms with Crippen molar-refractivity contribution in [3.8, 4) is 5.75 Å². The molecule has 0 bridgehead atoms. The normalized spacial score (nSPS) is 12.7. The van der Waals surface area contributed by atoms with E-state index < -0.39 is 5.97 Å². The van der Waals surface area contributed by atoms with E-state index in [0.717, 1.165) is 32.4 Å². The summed E-state index contributed by atoms with van der Waals surface area (Å²) >= 11 is 2.79. The number of Topliss-reactive ketones (excluding diaryl/α,β-unsaturated/α-hetero) is 1. The van der Waals surface area contributed by atoms with Crippen LogP contribution in [0, 0.1) is 0 Å². The van der Waals surface area contributed by atoms with Crippen LogP contribution < -0.4 is 9.64 Å². The van der Waals surface area contributed by atoms with Gasteiger partial charge in [0.05, 0.1) is 11.3 Å². The van der Waals surface area contributed by atoms with Crippen LogP contribution in [-0.2, 0) is 11.2 Å². The molecule has 0 saturated carbocycles. The number of aromatic nitrogens is 1. The molecule has 2 aromatic heterocycles. The van der Waals surface area contributed by atoms with Gasteiger partial charge in [-0.1, -0.05) is 11.3 Å². The zero-order valence-electron chi connectivity index (χ0n) is 14.3. The summed E-state index contributed by atoms with van der Waals surface area (Å²) in [7, 11) is 3.85. The molecule has 3 aromatic rings. The molecule has 1 aliphatic heterocycles. The second-order valence-electron chi connectivity index (χ2n) is 6.09. The van der Waals surface area contributed by atoms with Gasteiger partial charge < -0.3 is 14.4 Å². The van der Waals surface area contributed by atoms with Crippen LogP contribution in [0.5, 0.6) is 5.75 Å². The zero-order chi connectivity index (χ0) is 18.3. The number of thiophene rings is 1. The number of anilines is 1. The average molecular weight is 388 g/mol. The van der Waals surface area contributed by atoms with Gasteiger partial charge in [0.25, 0.3) is 0 Å². The standard InChI is InChI=1S/C18H16N2O4S2/c1-20(2)18-19-16-14(26-18)8-15(25-16)17(22)24-9-12(21)10-3-4-13-11(7-10)5-6-23-13/h3-4,7-8H,5-6,9H2,1-2H3. The lowest BCUT2D eigenvalue weighted by molar-refractivity contribution is 0.0479. The lowest BCUT2D eigenvalue weighted by Crippen LogP contribution is -2.13. The summed E-state index contributed by atoms with van der Waals surface area (Å²) < 4.78 is 11.6. The molecule has 0 atom stereocenters. The summed E-state index contributed by atoms with van der Waals surface area (Å²) in [4.78, 5) is 32.2. The molecule has 0 amide bonds. The van der Waals surface area contributed by atoms with E-state index in [-0.39, 0.29) is 12.4 Å². The molecule has 8 heteroatoms. The van der Waals surface area contributed by atoms with Crippen molar-refractivity contribution in [1.29, 1.82) is 0 Å². The Morgan fingerprint density at radius 3 is 2.88 bits per heavy atom. The highest BCUT2D eigenvalue weighted by Crippen LogP contribution is 2.34. The molecule has 0 radical (unpaired) electrons. The molecule has 26 heavy (non-hydrogen) atoms. The number of nitrogens with zero attached hydrogens (tertiary/aromatic N) is 2. The van der Waals surface area contributed by atoms with Crippen LogP contribution in [0.2, 0.25) is 0 Å². The van der Waals surface area contributed by atoms with Crippen LogP contribution in [0.1, 0.15) is 25.6 Å². The SMILES string of the molecule is CN(C)c1nc2sc(C(=O)OCC(=O)c3ccc4c(c3)CCO4)cc2s1. The first-order chi connectivity index (χ1) is 12.5. The largest absolute Gasteiger partial charge is 0.493 e. The maximum atomic E-state index is 12.3. The molecule has 0 saturated heterocycles. The number of esters is 1. The van der Waals surface area contributed by atoms with E-state index in [2.05, 4.69) is 4.98 Å². The molecule has 134 valence electrons. The van der Waals surface area contributed by atoms with Crippen molar-refractivity contribution < 1.29 is 19.1 Å². The Labute approximate surface area is 158 Å². The van der Waals surface area contributed by atoms with E-state index in [1.807, 2.05) is 25.1 Å². The van der Waals surface area contributed by atoms with Crippen molar-refractivity contribution in [2.45, 2.75) is 6.42 Å². The fraction of sp³-hybridized carbons (Fsp3) is 0.278. The summed E-state index contributed by atoms with van der Waals surface area (Å²) in [6, 6.07) is 7.07. The minimum Gasteiger partial charge on any atom is -0.493 e. The fourth-order valence-corrected chi connectivity index (χ4v) is 4.69. The molecule has 0 unspecified atom stereocenters. The van der Waals surface area contributed by atoms with Crippen LogP contribution in [0.25, 0.3) is 9.53 Å². The predicted molar refractivity (Wildman–Crippen MR) is 102 cm³/mol. The van der Waals surface area contributed by atoms with Gasteiger partial charge in [0.1, 0.15) is 15.5 Å². The number of ether oxygens (including phenoxy) is 2. The van der Waals surface area contributed by atoms with Gasteiger partial charge in [-0.05, 0) is 29.8 Å². The van der Waals surface area contributed by atoms with Gasteiger partial charge in [-0.15, -0.1) is 11.3 Å². The van der Waals surface area contributed by atoms with Crippen LogP contribution in [0.15, 0.2) is 24.3 Å². The van der Waals surface area contributed by atoms with Crippen molar-refractivity contribution in [2.75, 3.05) is 32.2 Å². The number of rotatable bonds is 5. The number of hydrogen-bond donors (Lipinski definition) is 0. The van der Waals surface area contributed by atoms with Gasteiger partial charge in [-0.25, -0.2) is 9.78 Å². The van der Waals surface area contributed by atoms with Crippen molar-refractivity contribution in [3.05, 3.63) is 40.3 Å². The highest BCUT2D eigenvalue weighted by atomic mass is 32.1. The maximum absolute atomic E-state index is 12.3.